The molecule has 1 N–H and O–H groups in total. The zero-order chi connectivity index (χ0) is 12.6. The summed E-state index contributed by atoms with van der Waals surface area (Å²) >= 11 is 0. The first-order chi connectivity index (χ1) is 7.95. The van der Waals surface area contributed by atoms with Gasteiger partial charge < -0.3 is 4.74 Å². The molecule has 1 aromatic carbocycles. The van der Waals surface area contributed by atoms with Crippen LogP contribution in [0.5, 0.6) is 5.75 Å². The first-order valence-electron chi connectivity index (χ1n) is 4.88. The topological polar surface area (TPSA) is 72.5 Å². The number of rotatable bonds is 2. The SMILES string of the molecule is COc1ccc(C2=C(C)C(=O)NS2(=O)=O)cc1. The summed E-state index contributed by atoms with van der Waals surface area (Å²) in [6, 6.07) is 6.51. The van der Waals surface area contributed by atoms with Crippen LogP contribution in [0.4, 0.5) is 0 Å². The monoisotopic (exact) mass is 253 g/mol. The molecular formula is C11H11NO4S. The molecule has 0 bridgehead atoms. The van der Waals surface area contributed by atoms with Crippen LogP contribution in [0.2, 0.25) is 0 Å². The summed E-state index contributed by atoms with van der Waals surface area (Å²) in [5, 5.41) is 0. The molecule has 6 heteroatoms. The highest BCUT2D eigenvalue weighted by molar-refractivity contribution is 8.00. The van der Waals surface area contributed by atoms with Gasteiger partial charge in [-0.1, -0.05) is 0 Å². The van der Waals surface area contributed by atoms with Crippen LogP contribution in [0.15, 0.2) is 29.8 Å². The summed E-state index contributed by atoms with van der Waals surface area (Å²) in [6.07, 6.45) is 0. The van der Waals surface area contributed by atoms with Crippen molar-refractivity contribution < 1.29 is 17.9 Å². The molecule has 0 radical (unpaired) electrons. The first-order valence-corrected chi connectivity index (χ1v) is 6.36. The highest BCUT2D eigenvalue weighted by Gasteiger charge is 2.33. The summed E-state index contributed by atoms with van der Waals surface area (Å²) in [4.78, 5) is 11.4. The van der Waals surface area contributed by atoms with Crippen molar-refractivity contribution in [1.82, 2.24) is 4.72 Å². The fourth-order valence-electron chi connectivity index (χ4n) is 1.67. The number of carbonyl (C=O) groups excluding carboxylic acids is 1. The Morgan fingerprint density at radius 1 is 1.18 bits per heavy atom. The van der Waals surface area contributed by atoms with Crippen LogP contribution in [0, 0.1) is 0 Å². The molecule has 0 unspecified atom stereocenters. The van der Waals surface area contributed by atoms with E-state index in [4.69, 9.17) is 4.74 Å². The van der Waals surface area contributed by atoms with Crippen molar-refractivity contribution in [2.45, 2.75) is 6.92 Å². The van der Waals surface area contributed by atoms with E-state index in [0.717, 1.165) is 0 Å². The highest BCUT2D eigenvalue weighted by atomic mass is 32.2. The second kappa shape index (κ2) is 3.89. The lowest BCUT2D eigenvalue weighted by atomic mass is 10.1. The number of carbonyl (C=O) groups is 1. The fourth-order valence-corrected chi connectivity index (χ4v) is 3.11. The summed E-state index contributed by atoms with van der Waals surface area (Å²) in [6.45, 7) is 1.49. The Kier molecular flexibility index (Phi) is 2.66. The quantitative estimate of drug-likeness (QED) is 0.849. The van der Waals surface area contributed by atoms with Gasteiger partial charge in [0.1, 0.15) is 10.7 Å². The predicted octanol–water partition coefficient (Wildman–Crippen LogP) is 0.886. The van der Waals surface area contributed by atoms with E-state index in [-0.39, 0.29) is 10.5 Å². The van der Waals surface area contributed by atoms with Gasteiger partial charge in [0.05, 0.1) is 7.11 Å². The van der Waals surface area contributed by atoms with Crippen LogP contribution in [0.3, 0.4) is 0 Å². The minimum Gasteiger partial charge on any atom is -0.497 e. The third-order valence-corrected chi connectivity index (χ3v) is 4.06. The highest BCUT2D eigenvalue weighted by Crippen LogP contribution is 2.29. The van der Waals surface area contributed by atoms with Gasteiger partial charge in [0.25, 0.3) is 15.9 Å². The maximum atomic E-state index is 11.7. The van der Waals surface area contributed by atoms with Gasteiger partial charge in [0, 0.05) is 5.57 Å². The zero-order valence-corrected chi connectivity index (χ0v) is 10.2. The van der Waals surface area contributed by atoms with Gasteiger partial charge >= 0.3 is 0 Å². The third-order valence-electron chi connectivity index (χ3n) is 2.53. The molecule has 2 rings (SSSR count). The number of hydrogen-bond donors (Lipinski definition) is 1. The van der Waals surface area contributed by atoms with Crippen molar-refractivity contribution in [3.63, 3.8) is 0 Å². The lowest BCUT2D eigenvalue weighted by Crippen LogP contribution is -2.22. The molecule has 1 aromatic rings. The van der Waals surface area contributed by atoms with E-state index < -0.39 is 15.9 Å². The average molecular weight is 253 g/mol. The van der Waals surface area contributed by atoms with Crippen molar-refractivity contribution in [2.24, 2.45) is 0 Å². The Bertz CT molecular complexity index is 599. The van der Waals surface area contributed by atoms with Crippen LogP contribution < -0.4 is 9.46 Å². The summed E-state index contributed by atoms with van der Waals surface area (Å²) in [7, 11) is -2.19. The fraction of sp³-hybridized carbons (Fsp3) is 0.182. The number of ether oxygens (including phenoxy) is 1. The molecule has 0 saturated carbocycles. The molecule has 1 aliphatic rings. The maximum absolute atomic E-state index is 11.7. The van der Waals surface area contributed by atoms with Gasteiger partial charge in [-0.05, 0) is 36.8 Å². The van der Waals surface area contributed by atoms with Crippen LogP contribution >= 0.6 is 0 Å². The van der Waals surface area contributed by atoms with Crippen LogP contribution in [0.25, 0.3) is 4.91 Å². The van der Waals surface area contributed by atoms with Crippen molar-refractivity contribution in [3.05, 3.63) is 35.4 Å². The number of amides is 1. The van der Waals surface area contributed by atoms with Crippen molar-refractivity contribution in [3.8, 4) is 5.75 Å². The Morgan fingerprint density at radius 2 is 1.76 bits per heavy atom. The van der Waals surface area contributed by atoms with Crippen LogP contribution in [0.1, 0.15) is 12.5 Å². The normalized spacial score (nSPS) is 18.1. The Labute approximate surface area is 99.1 Å². The van der Waals surface area contributed by atoms with Crippen molar-refractivity contribution in [2.75, 3.05) is 7.11 Å². The predicted molar refractivity (Wildman–Crippen MR) is 62.7 cm³/mol. The lowest BCUT2D eigenvalue weighted by molar-refractivity contribution is -0.115. The van der Waals surface area contributed by atoms with Gasteiger partial charge in [-0.25, -0.2) is 13.1 Å². The maximum Gasteiger partial charge on any atom is 0.265 e. The second-order valence-electron chi connectivity index (χ2n) is 3.62. The van der Waals surface area contributed by atoms with E-state index in [9.17, 15) is 13.2 Å². The first kappa shape index (κ1) is 11.7. The summed E-state index contributed by atoms with van der Waals surface area (Å²) < 4.78 is 30.4. The van der Waals surface area contributed by atoms with Crippen molar-refractivity contribution >= 4 is 20.8 Å². The van der Waals surface area contributed by atoms with E-state index in [1.165, 1.54) is 14.0 Å². The molecule has 0 aliphatic carbocycles. The minimum atomic E-state index is -3.72. The van der Waals surface area contributed by atoms with Gasteiger partial charge in [-0.3, -0.25) is 4.79 Å². The molecule has 1 heterocycles. The summed E-state index contributed by atoms with van der Waals surface area (Å²) in [5.41, 5.74) is 0.678. The molecule has 0 atom stereocenters. The largest absolute Gasteiger partial charge is 0.497 e. The lowest BCUT2D eigenvalue weighted by Gasteiger charge is -2.04. The number of benzene rings is 1. The average Bonchev–Trinajstić information content (AvgIpc) is 2.48. The Balaban J connectivity index is 2.56. The van der Waals surface area contributed by atoms with E-state index in [1.54, 1.807) is 24.3 Å². The molecule has 1 amide bonds. The second-order valence-corrected chi connectivity index (χ2v) is 5.24. The minimum absolute atomic E-state index is 0.0325. The number of methoxy groups -OCH3 is 1. The Hall–Kier alpha value is -1.82. The van der Waals surface area contributed by atoms with Gasteiger partial charge in [0.15, 0.2) is 0 Å². The molecule has 0 aromatic heterocycles. The number of sulfonamides is 1. The molecule has 1 aliphatic heterocycles. The number of nitrogens with one attached hydrogen (secondary N) is 1. The Morgan fingerprint density at radius 3 is 2.18 bits per heavy atom. The molecular weight excluding hydrogens is 242 g/mol. The molecule has 0 fully saturated rings. The molecule has 5 nitrogen and oxygen atoms in total. The van der Waals surface area contributed by atoms with E-state index in [2.05, 4.69) is 0 Å². The number of hydrogen-bond acceptors (Lipinski definition) is 4. The van der Waals surface area contributed by atoms with Gasteiger partial charge in [-0.15, -0.1) is 0 Å². The molecule has 0 saturated heterocycles. The van der Waals surface area contributed by atoms with E-state index in [0.29, 0.717) is 11.3 Å². The van der Waals surface area contributed by atoms with Crippen LogP contribution in [-0.4, -0.2) is 21.4 Å². The van der Waals surface area contributed by atoms with Gasteiger partial charge in [0.2, 0.25) is 0 Å². The molecule has 0 spiro atoms. The zero-order valence-electron chi connectivity index (χ0n) is 9.35. The smallest absolute Gasteiger partial charge is 0.265 e. The third kappa shape index (κ3) is 1.91. The molecule has 17 heavy (non-hydrogen) atoms. The van der Waals surface area contributed by atoms with Crippen molar-refractivity contribution in [1.29, 1.82) is 0 Å². The van der Waals surface area contributed by atoms with E-state index in [1.807, 2.05) is 4.72 Å². The van der Waals surface area contributed by atoms with E-state index >= 15 is 0 Å². The van der Waals surface area contributed by atoms with Crippen LogP contribution in [-0.2, 0) is 14.8 Å². The molecule has 90 valence electrons. The summed E-state index contributed by atoms with van der Waals surface area (Å²) in [5.74, 6) is 0.0532. The van der Waals surface area contributed by atoms with Gasteiger partial charge in [-0.2, -0.15) is 0 Å². The standard InChI is InChI=1S/C11H11NO4S/c1-7-10(17(14,15)12-11(7)13)8-3-5-9(16-2)6-4-8/h3-6H,1-2H3,(H,12,13).